The molecule has 0 heterocycles. The minimum absolute atomic E-state index is 0.0351. The summed E-state index contributed by atoms with van der Waals surface area (Å²) in [6.45, 7) is 5.48. The lowest BCUT2D eigenvalue weighted by molar-refractivity contribution is 0.258. The van der Waals surface area contributed by atoms with Crippen LogP contribution in [-0.4, -0.2) is 11.0 Å². The molecule has 0 aromatic heterocycles. The van der Waals surface area contributed by atoms with Gasteiger partial charge >= 0.3 is 0 Å². The highest BCUT2D eigenvalue weighted by atomic mass is 32.2. The van der Waals surface area contributed by atoms with Crippen molar-refractivity contribution in [3.05, 3.63) is 48.6 Å². The highest BCUT2D eigenvalue weighted by molar-refractivity contribution is 8.13. The topological polar surface area (TPSA) is 29.1 Å². The first kappa shape index (κ1) is 11.3. The Hall–Kier alpha value is -1.22. The number of hydrogen-bond donors (Lipinski definition) is 1. The van der Waals surface area contributed by atoms with Crippen molar-refractivity contribution >= 4 is 17.0 Å². The van der Waals surface area contributed by atoms with Crippen LogP contribution >= 0.6 is 11.8 Å². The standard InChI is InChI=1S/C13H17NOS/c1-3-4-10-16-13(15)14-11(2)12-8-6-5-7-9-12/h3,5-9,11H,1,4,10H2,2H3,(H,14,15)/t11-/m1/s1/i10D/t10-,11+/m0. The van der Waals surface area contributed by atoms with E-state index in [1.165, 1.54) is 0 Å². The molecule has 16 heavy (non-hydrogen) atoms. The Kier molecular flexibility index (Phi) is 5.02. The molecule has 0 aliphatic carbocycles. The van der Waals surface area contributed by atoms with Gasteiger partial charge in [0.1, 0.15) is 0 Å². The molecule has 1 aromatic carbocycles. The number of thioether (sulfide) groups is 1. The molecule has 2 atom stereocenters. The third kappa shape index (κ3) is 4.53. The molecule has 0 saturated heterocycles. The van der Waals surface area contributed by atoms with Gasteiger partial charge in [-0.2, -0.15) is 0 Å². The van der Waals surface area contributed by atoms with Gasteiger partial charge in [-0.3, -0.25) is 4.79 Å². The number of carbonyl (C=O) groups is 1. The van der Waals surface area contributed by atoms with Crippen LogP contribution in [0.15, 0.2) is 43.0 Å². The Morgan fingerprint density at radius 2 is 2.31 bits per heavy atom. The van der Waals surface area contributed by atoms with Crippen molar-refractivity contribution in [3.63, 3.8) is 0 Å². The second-order valence-corrected chi connectivity index (χ2v) is 4.31. The minimum Gasteiger partial charge on any atom is -0.340 e. The predicted molar refractivity (Wildman–Crippen MR) is 70.7 cm³/mol. The first-order valence-electron chi connectivity index (χ1n) is 5.76. The van der Waals surface area contributed by atoms with Gasteiger partial charge < -0.3 is 5.32 Å². The molecule has 1 N–H and O–H groups in total. The summed E-state index contributed by atoms with van der Waals surface area (Å²) in [5.74, 6) is 0. The summed E-state index contributed by atoms with van der Waals surface area (Å²) in [6.07, 6.45) is 2.16. The molecular weight excluding hydrogens is 218 g/mol. The van der Waals surface area contributed by atoms with Crippen molar-refractivity contribution in [1.82, 2.24) is 5.32 Å². The molecule has 1 rings (SSSR count). The third-order valence-corrected chi connectivity index (χ3v) is 2.78. The lowest BCUT2D eigenvalue weighted by Gasteiger charge is -2.13. The van der Waals surface area contributed by atoms with Crippen molar-refractivity contribution in [1.29, 1.82) is 0 Å². The molecule has 0 fully saturated rings. The van der Waals surface area contributed by atoms with E-state index in [9.17, 15) is 4.79 Å². The van der Waals surface area contributed by atoms with Crippen LogP contribution in [0.2, 0.25) is 0 Å². The molecule has 1 amide bonds. The molecule has 0 aliphatic heterocycles. The van der Waals surface area contributed by atoms with Gasteiger partial charge in [0, 0.05) is 7.10 Å². The van der Waals surface area contributed by atoms with Crippen LogP contribution in [0.4, 0.5) is 4.79 Å². The number of rotatable bonds is 5. The first-order valence-corrected chi connectivity index (χ1v) is 6.06. The molecule has 0 radical (unpaired) electrons. The molecule has 2 nitrogen and oxygen atoms in total. The van der Waals surface area contributed by atoms with Crippen molar-refractivity contribution in [2.75, 3.05) is 5.73 Å². The lowest BCUT2D eigenvalue weighted by Crippen LogP contribution is -2.22. The fourth-order valence-electron chi connectivity index (χ4n) is 1.23. The maximum atomic E-state index is 11.6. The predicted octanol–water partition coefficient (Wildman–Crippen LogP) is 3.77. The molecular formula is C13H17NOS. The van der Waals surface area contributed by atoms with Crippen molar-refractivity contribution in [2.45, 2.75) is 19.4 Å². The van der Waals surface area contributed by atoms with Crippen molar-refractivity contribution in [3.8, 4) is 0 Å². The Morgan fingerprint density at radius 1 is 1.62 bits per heavy atom. The van der Waals surface area contributed by atoms with Crippen LogP contribution in [0.5, 0.6) is 0 Å². The van der Waals surface area contributed by atoms with Crippen molar-refractivity contribution in [2.24, 2.45) is 0 Å². The Labute approximate surface area is 103 Å². The summed E-state index contributed by atoms with van der Waals surface area (Å²) in [5, 5.41) is 2.69. The summed E-state index contributed by atoms with van der Waals surface area (Å²) in [6, 6.07) is 9.73. The summed E-state index contributed by atoms with van der Waals surface area (Å²) in [4.78, 5) is 11.6. The zero-order chi connectivity index (χ0) is 12.7. The van der Waals surface area contributed by atoms with E-state index in [1.54, 1.807) is 6.08 Å². The Balaban J connectivity index is 2.43. The fraction of sp³-hybridized carbons (Fsp3) is 0.308. The number of amides is 1. The molecule has 1 aromatic rings. The van der Waals surface area contributed by atoms with Gasteiger partial charge in [-0.15, -0.1) is 6.58 Å². The van der Waals surface area contributed by atoms with E-state index in [4.69, 9.17) is 1.37 Å². The molecule has 0 aliphatic rings. The highest BCUT2D eigenvalue weighted by Gasteiger charge is 2.08. The van der Waals surface area contributed by atoms with Gasteiger partial charge in [-0.1, -0.05) is 48.2 Å². The summed E-state index contributed by atoms with van der Waals surface area (Å²) < 4.78 is 7.58. The normalized spacial score (nSPS) is 14.7. The van der Waals surface area contributed by atoms with Crippen molar-refractivity contribution < 1.29 is 6.17 Å². The maximum absolute atomic E-state index is 11.6. The zero-order valence-corrected chi connectivity index (χ0v) is 10.2. The summed E-state index contributed by atoms with van der Waals surface area (Å²) in [5.41, 5.74) is 0.585. The van der Waals surface area contributed by atoms with Crippen LogP contribution in [0.1, 0.15) is 26.3 Å². The third-order valence-electron chi connectivity index (χ3n) is 2.09. The molecule has 0 bridgehead atoms. The monoisotopic (exact) mass is 236 g/mol. The van der Waals surface area contributed by atoms with Gasteiger partial charge in [0.2, 0.25) is 0 Å². The Bertz CT molecular complexity index is 369. The number of nitrogens with one attached hydrogen (secondary N) is 1. The van der Waals surface area contributed by atoms with Gasteiger partial charge in [0.25, 0.3) is 5.24 Å². The summed E-state index contributed by atoms with van der Waals surface area (Å²) >= 11 is 0.993. The molecule has 3 heteroatoms. The fourth-order valence-corrected chi connectivity index (χ4v) is 1.86. The maximum Gasteiger partial charge on any atom is 0.279 e. The first-order chi connectivity index (χ1) is 8.13. The van der Waals surface area contributed by atoms with Gasteiger partial charge in [-0.25, -0.2) is 0 Å². The van der Waals surface area contributed by atoms with E-state index in [-0.39, 0.29) is 11.3 Å². The molecule has 0 saturated carbocycles. The van der Waals surface area contributed by atoms with Crippen LogP contribution in [0, 0.1) is 0 Å². The second-order valence-electron chi connectivity index (χ2n) is 3.37. The zero-order valence-electron chi connectivity index (χ0n) is 10.3. The van der Waals surface area contributed by atoms with Crippen LogP contribution < -0.4 is 5.32 Å². The quantitative estimate of drug-likeness (QED) is 0.788. The molecule has 0 unspecified atom stereocenters. The van der Waals surface area contributed by atoms with E-state index in [1.807, 2.05) is 37.3 Å². The number of allylic oxidation sites excluding steroid dienone is 1. The average Bonchev–Trinajstić information content (AvgIpc) is 2.30. The smallest absolute Gasteiger partial charge is 0.279 e. The molecule has 0 spiro atoms. The summed E-state index contributed by atoms with van der Waals surface area (Å²) in [7, 11) is 0. The van der Waals surface area contributed by atoms with Crippen LogP contribution in [0.3, 0.4) is 0 Å². The van der Waals surface area contributed by atoms with Gasteiger partial charge in [0.15, 0.2) is 0 Å². The van der Waals surface area contributed by atoms with E-state index in [2.05, 4.69) is 11.9 Å². The molecule has 86 valence electrons. The van der Waals surface area contributed by atoms with Gasteiger partial charge in [0.05, 0.1) is 6.04 Å². The van der Waals surface area contributed by atoms with Gasteiger partial charge in [-0.05, 0) is 18.9 Å². The van der Waals surface area contributed by atoms with Crippen LogP contribution in [0.25, 0.3) is 0 Å². The van der Waals surface area contributed by atoms with E-state index in [0.717, 1.165) is 17.3 Å². The van der Waals surface area contributed by atoms with Crippen LogP contribution in [-0.2, 0) is 0 Å². The minimum atomic E-state index is -0.476. The average molecular weight is 236 g/mol. The number of benzene rings is 1. The Morgan fingerprint density at radius 3 is 2.94 bits per heavy atom. The van der Waals surface area contributed by atoms with E-state index >= 15 is 0 Å². The highest BCUT2D eigenvalue weighted by Crippen LogP contribution is 2.13. The lowest BCUT2D eigenvalue weighted by atomic mass is 10.1. The van der Waals surface area contributed by atoms with E-state index in [0.29, 0.717) is 6.42 Å². The second kappa shape index (κ2) is 7.12. The SMILES string of the molecule is [2H][C@@H](CC=C)SC(=O)N[C@H](C)c1ccccc1. The van der Waals surface area contributed by atoms with E-state index < -0.39 is 5.73 Å². The number of hydrogen-bond acceptors (Lipinski definition) is 2. The largest absolute Gasteiger partial charge is 0.340 e. The number of carbonyl (C=O) groups excluding carboxylic acids is 1.